The van der Waals surface area contributed by atoms with Gasteiger partial charge in [0.2, 0.25) is 5.91 Å². The first-order chi connectivity index (χ1) is 8.60. The van der Waals surface area contributed by atoms with Gasteiger partial charge in [-0.15, -0.1) is 0 Å². The highest BCUT2D eigenvalue weighted by Gasteiger charge is 2.35. The summed E-state index contributed by atoms with van der Waals surface area (Å²) in [6.45, 7) is 4.73. The van der Waals surface area contributed by atoms with E-state index in [1.54, 1.807) is 0 Å². The van der Waals surface area contributed by atoms with Gasteiger partial charge in [0.1, 0.15) is 0 Å². The van der Waals surface area contributed by atoms with Gasteiger partial charge in [-0.05, 0) is 38.5 Å². The highest BCUT2D eigenvalue weighted by atomic mass is 16.2. The smallest absolute Gasteiger partial charge is 0.226 e. The molecule has 1 aromatic rings. The third-order valence-corrected chi connectivity index (χ3v) is 3.93. The molecule has 1 aliphatic heterocycles. The van der Waals surface area contributed by atoms with E-state index in [4.69, 9.17) is 0 Å². The second-order valence-corrected chi connectivity index (χ2v) is 5.53. The van der Waals surface area contributed by atoms with Crippen LogP contribution in [0.15, 0.2) is 30.3 Å². The first-order valence-corrected chi connectivity index (χ1v) is 6.61. The Kier molecular flexibility index (Phi) is 4.02. The van der Waals surface area contributed by atoms with Gasteiger partial charge in [0.05, 0.1) is 0 Å². The maximum absolute atomic E-state index is 12.3. The lowest BCUT2D eigenvalue weighted by Gasteiger charge is -2.36. The zero-order chi connectivity index (χ0) is 13.0. The minimum absolute atomic E-state index is 0.193. The van der Waals surface area contributed by atoms with Crippen molar-refractivity contribution in [3.63, 3.8) is 0 Å². The van der Waals surface area contributed by atoms with Crippen molar-refractivity contribution < 1.29 is 4.79 Å². The van der Waals surface area contributed by atoms with Gasteiger partial charge in [0.15, 0.2) is 0 Å². The number of nitrogens with one attached hydrogen (secondary N) is 1. The van der Waals surface area contributed by atoms with Gasteiger partial charge in [0.25, 0.3) is 0 Å². The van der Waals surface area contributed by atoms with E-state index in [9.17, 15) is 4.79 Å². The minimum Gasteiger partial charge on any atom is -0.352 e. The van der Waals surface area contributed by atoms with Crippen LogP contribution in [0.3, 0.4) is 0 Å². The quantitative estimate of drug-likeness (QED) is 0.885. The number of rotatable bonds is 3. The third-order valence-electron chi connectivity index (χ3n) is 3.93. The first-order valence-electron chi connectivity index (χ1n) is 6.61. The molecule has 0 aliphatic carbocycles. The van der Waals surface area contributed by atoms with E-state index in [1.807, 2.05) is 30.3 Å². The van der Waals surface area contributed by atoms with Crippen molar-refractivity contribution in [2.24, 2.45) is 5.41 Å². The Labute approximate surface area is 109 Å². The molecule has 0 saturated carbocycles. The molecule has 0 bridgehead atoms. The molecule has 18 heavy (non-hydrogen) atoms. The lowest BCUT2D eigenvalue weighted by Crippen LogP contribution is -2.46. The molecule has 1 fully saturated rings. The number of carbonyl (C=O) groups excluding carboxylic acids is 1. The highest BCUT2D eigenvalue weighted by Crippen LogP contribution is 2.30. The molecule has 0 unspecified atom stereocenters. The third kappa shape index (κ3) is 3.10. The lowest BCUT2D eigenvalue weighted by molar-refractivity contribution is -0.132. The predicted octanol–water partition coefficient (Wildman–Crippen LogP) is 2.03. The largest absolute Gasteiger partial charge is 0.352 e. The molecule has 1 aliphatic rings. The summed E-state index contributed by atoms with van der Waals surface area (Å²) in [7, 11) is 2.11. The molecule has 1 N–H and O–H groups in total. The van der Waals surface area contributed by atoms with Crippen molar-refractivity contribution in [2.45, 2.75) is 26.3 Å². The molecule has 1 amide bonds. The topological polar surface area (TPSA) is 32.3 Å². The number of nitrogens with zero attached hydrogens (tertiary/aromatic N) is 1. The molecule has 1 saturated heterocycles. The molecule has 0 spiro atoms. The fraction of sp³-hybridized carbons (Fsp3) is 0.533. The highest BCUT2D eigenvalue weighted by molar-refractivity contribution is 5.82. The van der Waals surface area contributed by atoms with Crippen LogP contribution in [0, 0.1) is 5.41 Å². The number of amides is 1. The van der Waals surface area contributed by atoms with Crippen LogP contribution in [0.1, 0.15) is 25.3 Å². The van der Waals surface area contributed by atoms with Gasteiger partial charge in [-0.25, -0.2) is 0 Å². The van der Waals surface area contributed by atoms with Crippen molar-refractivity contribution in [1.82, 2.24) is 10.2 Å². The Morgan fingerprint density at radius 3 is 2.50 bits per heavy atom. The van der Waals surface area contributed by atoms with Crippen LogP contribution in [-0.4, -0.2) is 30.9 Å². The molecule has 0 radical (unpaired) electrons. The Morgan fingerprint density at radius 2 is 1.89 bits per heavy atom. The summed E-state index contributed by atoms with van der Waals surface area (Å²) < 4.78 is 0. The molecule has 1 heterocycles. The maximum Gasteiger partial charge on any atom is 0.226 e. The van der Waals surface area contributed by atoms with Gasteiger partial charge in [-0.2, -0.15) is 0 Å². The van der Waals surface area contributed by atoms with Crippen LogP contribution in [-0.2, 0) is 11.3 Å². The van der Waals surface area contributed by atoms with Crippen molar-refractivity contribution in [3.05, 3.63) is 35.9 Å². The van der Waals surface area contributed by atoms with Crippen molar-refractivity contribution in [1.29, 1.82) is 0 Å². The molecular formula is C15H22N2O. The van der Waals surface area contributed by atoms with Crippen molar-refractivity contribution in [3.8, 4) is 0 Å². The Balaban J connectivity index is 1.88. The van der Waals surface area contributed by atoms with Gasteiger partial charge in [-0.1, -0.05) is 37.3 Å². The molecule has 0 aromatic heterocycles. The standard InChI is InChI=1S/C15H22N2O/c1-15(8-10-17(2)11-9-15)14(18)16-12-13-6-4-3-5-7-13/h3-7H,8-12H2,1-2H3,(H,16,18). The Bertz CT molecular complexity index is 394. The van der Waals surface area contributed by atoms with Gasteiger partial charge >= 0.3 is 0 Å². The number of benzene rings is 1. The fourth-order valence-electron chi connectivity index (χ4n) is 2.33. The van der Waals surface area contributed by atoms with Crippen LogP contribution in [0.2, 0.25) is 0 Å². The van der Waals surface area contributed by atoms with Gasteiger partial charge in [0, 0.05) is 12.0 Å². The lowest BCUT2D eigenvalue weighted by atomic mass is 9.79. The number of hydrogen-bond acceptors (Lipinski definition) is 2. The molecule has 0 atom stereocenters. The molecule has 98 valence electrons. The van der Waals surface area contributed by atoms with Crippen LogP contribution >= 0.6 is 0 Å². The van der Waals surface area contributed by atoms with Gasteiger partial charge in [-0.3, -0.25) is 4.79 Å². The number of likely N-dealkylation sites (tertiary alicyclic amines) is 1. The van der Waals surface area contributed by atoms with Crippen LogP contribution < -0.4 is 5.32 Å². The number of piperidine rings is 1. The summed E-state index contributed by atoms with van der Waals surface area (Å²) in [6.07, 6.45) is 1.90. The predicted molar refractivity (Wildman–Crippen MR) is 73.1 cm³/mol. The zero-order valence-electron chi connectivity index (χ0n) is 11.3. The molecule has 3 nitrogen and oxygen atoms in total. The van der Waals surface area contributed by atoms with Crippen LogP contribution in [0.5, 0.6) is 0 Å². The van der Waals surface area contributed by atoms with Crippen LogP contribution in [0.25, 0.3) is 0 Å². The van der Waals surface area contributed by atoms with E-state index in [2.05, 4.69) is 24.2 Å². The summed E-state index contributed by atoms with van der Waals surface area (Å²) in [6, 6.07) is 10.1. The van der Waals surface area contributed by atoms with Crippen LogP contribution in [0.4, 0.5) is 0 Å². The summed E-state index contributed by atoms with van der Waals surface area (Å²) in [5.74, 6) is 0.194. The summed E-state index contributed by atoms with van der Waals surface area (Å²) in [4.78, 5) is 14.6. The fourth-order valence-corrected chi connectivity index (χ4v) is 2.33. The summed E-state index contributed by atoms with van der Waals surface area (Å²) in [5, 5.41) is 3.07. The number of hydrogen-bond donors (Lipinski definition) is 1. The van der Waals surface area contributed by atoms with Crippen molar-refractivity contribution in [2.75, 3.05) is 20.1 Å². The average Bonchev–Trinajstić information content (AvgIpc) is 2.41. The van der Waals surface area contributed by atoms with E-state index >= 15 is 0 Å². The Morgan fingerprint density at radius 1 is 1.28 bits per heavy atom. The number of carbonyl (C=O) groups is 1. The normalized spacial score (nSPS) is 19.4. The summed E-state index contributed by atoms with van der Waals surface area (Å²) >= 11 is 0. The monoisotopic (exact) mass is 246 g/mol. The zero-order valence-corrected chi connectivity index (χ0v) is 11.3. The minimum atomic E-state index is -0.193. The SMILES string of the molecule is CN1CCC(C)(C(=O)NCc2ccccc2)CC1. The van der Waals surface area contributed by atoms with E-state index in [0.29, 0.717) is 6.54 Å². The van der Waals surface area contributed by atoms with E-state index in [-0.39, 0.29) is 11.3 Å². The average molecular weight is 246 g/mol. The molecule has 1 aromatic carbocycles. The van der Waals surface area contributed by atoms with Crippen molar-refractivity contribution >= 4 is 5.91 Å². The first kappa shape index (κ1) is 13.1. The van der Waals surface area contributed by atoms with E-state index < -0.39 is 0 Å². The molecule has 3 heteroatoms. The van der Waals surface area contributed by atoms with E-state index in [0.717, 1.165) is 31.5 Å². The second-order valence-electron chi connectivity index (χ2n) is 5.53. The summed E-state index contributed by atoms with van der Waals surface area (Å²) in [5.41, 5.74) is 0.962. The Hall–Kier alpha value is -1.35. The van der Waals surface area contributed by atoms with Gasteiger partial charge < -0.3 is 10.2 Å². The van der Waals surface area contributed by atoms with E-state index in [1.165, 1.54) is 0 Å². The molecular weight excluding hydrogens is 224 g/mol. The second kappa shape index (κ2) is 5.53. The molecule has 2 rings (SSSR count). The maximum atomic E-state index is 12.3.